The van der Waals surface area contributed by atoms with E-state index in [0.717, 1.165) is 12.2 Å². The van der Waals surface area contributed by atoms with Crippen molar-refractivity contribution in [2.24, 2.45) is 0 Å². The van der Waals surface area contributed by atoms with Crippen molar-refractivity contribution in [3.05, 3.63) is 63.6 Å². The summed E-state index contributed by atoms with van der Waals surface area (Å²) in [5.41, 5.74) is 2.49. The maximum absolute atomic E-state index is 12.3. The number of carbonyl (C=O) groups is 1. The Morgan fingerprint density at radius 1 is 1.20 bits per heavy atom. The van der Waals surface area contributed by atoms with Crippen molar-refractivity contribution in [3.8, 4) is 0 Å². The molecule has 0 aliphatic carbocycles. The van der Waals surface area contributed by atoms with Crippen LogP contribution in [-0.4, -0.2) is 35.4 Å². The standard InChI is InChI=1S/C19H20Cl2N2OS/c1-23(16-8-9-25-12-16)11-13-2-5-15(6-3-13)22-19(24)14-4-7-17(20)18(21)10-14/h2-7,10,16H,8-9,11-12H2,1H3,(H,22,24). The third-order valence-electron chi connectivity index (χ3n) is 4.35. The molecule has 0 saturated carbocycles. The predicted molar refractivity (Wildman–Crippen MR) is 108 cm³/mol. The molecule has 6 heteroatoms. The molecule has 0 spiro atoms. The second-order valence-electron chi connectivity index (χ2n) is 6.21. The molecule has 1 amide bonds. The molecule has 1 aliphatic heterocycles. The number of hydrogen-bond donors (Lipinski definition) is 1. The molecule has 0 radical (unpaired) electrons. The zero-order valence-electron chi connectivity index (χ0n) is 14.0. The molecule has 132 valence electrons. The summed E-state index contributed by atoms with van der Waals surface area (Å²) in [6.07, 6.45) is 1.26. The van der Waals surface area contributed by atoms with E-state index < -0.39 is 0 Å². The molecule has 1 N–H and O–H groups in total. The Morgan fingerprint density at radius 2 is 1.96 bits per heavy atom. The molecule has 1 heterocycles. The fourth-order valence-electron chi connectivity index (χ4n) is 2.82. The SMILES string of the molecule is CN(Cc1ccc(NC(=O)c2ccc(Cl)c(Cl)c2)cc1)C1CCSC1. The summed E-state index contributed by atoms with van der Waals surface area (Å²) in [5, 5.41) is 3.69. The Morgan fingerprint density at radius 3 is 2.60 bits per heavy atom. The zero-order chi connectivity index (χ0) is 17.8. The van der Waals surface area contributed by atoms with E-state index in [-0.39, 0.29) is 5.91 Å². The average molecular weight is 395 g/mol. The molecule has 1 aliphatic rings. The Hall–Kier alpha value is -1.20. The van der Waals surface area contributed by atoms with Gasteiger partial charge in [0.1, 0.15) is 0 Å². The van der Waals surface area contributed by atoms with Gasteiger partial charge in [-0.25, -0.2) is 0 Å². The van der Waals surface area contributed by atoms with Gasteiger partial charge in [-0.2, -0.15) is 11.8 Å². The highest BCUT2D eigenvalue weighted by atomic mass is 35.5. The van der Waals surface area contributed by atoms with Crippen LogP contribution in [0.25, 0.3) is 0 Å². The first-order chi connectivity index (χ1) is 12.0. The Bertz CT molecular complexity index is 746. The highest BCUT2D eigenvalue weighted by Crippen LogP contribution is 2.24. The Balaban J connectivity index is 1.60. The van der Waals surface area contributed by atoms with Gasteiger partial charge in [-0.3, -0.25) is 9.69 Å². The highest BCUT2D eigenvalue weighted by Gasteiger charge is 2.19. The van der Waals surface area contributed by atoms with Crippen molar-refractivity contribution in [3.63, 3.8) is 0 Å². The van der Waals surface area contributed by atoms with Crippen LogP contribution in [0.4, 0.5) is 5.69 Å². The quantitative estimate of drug-likeness (QED) is 0.757. The van der Waals surface area contributed by atoms with Crippen LogP contribution in [0.2, 0.25) is 10.0 Å². The van der Waals surface area contributed by atoms with Gasteiger partial charge in [-0.15, -0.1) is 0 Å². The number of anilines is 1. The van der Waals surface area contributed by atoms with Crippen LogP contribution in [0, 0.1) is 0 Å². The topological polar surface area (TPSA) is 32.3 Å². The molecule has 2 aromatic carbocycles. The molecule has 1 saturated heterocycles. The molecule has 2 aromatic rings. The average Bonchev–Trinajstić information content (AvgIpc) is 3.14. The number of carbonyl (C=O) groups excluding carboxylic acids is 1. The summed E-state index contributed by atoms with van der Waals surface area (Å²) in [4.78, 5) is 14.7. The molecule has 3 rings (SSSR count). The second-order valence-corrected chi connectivity index (χ2v) is 8.18. The number of benzene rings is 2. The number of nitrogens with one attached hydrogen (secondary N) is 1. The number of hydrogen-bond acceptors (Lipinski definition) is 3. The Kier molecular flexibility index (Phi) is 6.29. The highest BCUT2D eigenvalue weighted by molar-refractivity contribution is 7.99. The minimum atomic E-state index is -0.202. The normalized spacial score (nSPS) is 17.0. The Labute approximate surface area is 162 Å². The summed E-state index contributed by atoms with van der Waals surface area (Å²) in [6, 6.07) is 13.5. The lowest BCUT2D eigenvalue weighted by atomic mass is 10.1. The second kappa shape index (κ2) is 8.45. The van der Waals surface area contributed by atoms with E-state index in [1.165, 1.54) is 23.5 Å². The summed E-state index contributed by atoms with van der Waals surface area (Å²) >= 11 is 13.9. The van der Waals surface area contributed by atoms with Gasteiger partial charge in [0, 0.05) is 29.6 Å². The fourth-order valence-corrected chi connectivity index (χ4v) is 4.42. The van der Waals surface area contributed by atoms with Crippen molar-refractivity contribution in [2.45, 2.75) is 19.0 Å². The molecular formula is C19H20Cl2N2OS. The van der Waals surface area contributed by atoms with E-state index in [1.807, 2.05) is 23.9 Å². The van der Waals surface area contributed by atoms with Gasteiger partial charge < -0.3 is 5.32 Å². The van der Waals surface area contributed by atoms with Crippen LogP contribution in [0.1, 0.15) is 22.3 Å². The number of nitrogens with zero attached hydrogens (tertiary/aromatic N) is 1. The third kappa shape index (κ3) is 4.91. The van der Waals surface area contributed by atoms with Crippen molar-refractivity contribution >= 4 is 46.6 Å². The maximum Gasteiger partial charge on any atom is 0.255 e. The molecule has 1 atom stereocenters. The molecule has 0 bridgehead atoms. The van der Waals surface area contributed by atoms with Gasteiger partial charge in [0.05, 0.1) is 10.0 Å². The van der Waals surface area contributed by atoms with E-state index in [1.54, 1.807) is 18.2 Å². The number of amides is 1. The van der Waals surface area contributed by atoms with Gasteiger partial charge in [-0.05, 0) is 55.1 Å². The van der Waals surface area contributed by atoms with Gasteiger partial charge in [0.2, 0.25) is 0 Å². The summed E-state index contributed by atoms with van der Waals surface area (Å²) in [6.45, 7) is 0.923. The fraction of sp³-hybridized carbons (Fsp3) is 0.316. The van der Waals surface area contributed by atoms with Crippen molar-refractivity contribution in [1.29, 1.82) is 0 Å². The van der Waals surface area contributed by atoms with Crippen LogP contribution >= 0.6 is 35.0 Å². The summed E-state index contributed by atoms with van der Waals surface area (Å²) in [5.74, 6) is 2.27. The van der Waals surface area contributed by atoms with Gasteiger partial charge in [0.25, 0.3) is 5.91 Å². The first kappa shape index (κ1) is 18.6. The summed E-state index contributed by atoms with van der Waals surface area (Å²) < 4.78 is 0. The molecule has 0 aromatic heterocycles. The van der Waals surface area contributed by atoms with Crippen LogP contribution in [0.15, 0.2) is 42.5 Å². The molecular weight excluding hydrogens is 375 g/mol. The van der Waals surface area contributed by atoms with E-state index >= 15 is 0 Å². The molecule has 1 fully saturated rings. The van der Waals surface area contributed by atoms with Crippen molar-refractivity contribution in [1.82, 2.24) is 4.90 Å². The van der Waals surface area contributed by atoms with Crippen LogP contribution in [-0.2, 0) is 6.54 Å². The molecule has 1 unspecified atom stereocenters. The number of thioether (sulfide) groups is 1. The van der Waals surface area contributed by atoms with Crippen molar-refractivity contribution < 1.29 is 4.79 Å². The van der Waals surface area contributed by atoms with Gasteiger partial charge in [0.15, 0.2) is 0 Å². The monoisotopic (exact) mass is 394 g/mol. The first-order valence-corrected chi connectivity index (χ1v) is 10.1. The predicted octanol–water partition coefficient (Wildman–Crippen LogP) is 5.18. The molecule has 25 heavy (non-hydrogen) atoms. The minimum Gasteiger partial charge on any atom is -0.322 e. The lowest BCUT2D eigenvalue weighted by molar-refractivity contribution is 0.102. The maximum atomic E-state index is 12.3. The van der Waals surface area contributed by atoms with Crippen LogP contribution in [0.3, 0.4) is 0 Å². The molecule has 3 nitrogen and oxygen atoms in total. The number of rotatable bonds is 5. The smallest absolute Gasteiger partial charge is 0.255 e. The lowest BCUT2D eigenvalue weighted by Gasteiger charge is -2.23. The van der Waals surface area contributed by atoms with Gasteiger partial charge >= 0.3 is 0 Å². The van der Waals surface area contributed by atoms with Crippen molar-refractivity contribution in [2.75, 3.05) is 23.9 Å². The van der Waals surface area contributed by atoms with Crippen LogP contribution < -0.4 is 5.32 Å². The first-order valence-electron chi connectivity index (χ1n) is 8.16. The minimum absolute atomic E-state index is 0.202. The zero-order valence-corrected chi connectivity index (χ0v) is 16.3. The van der Waals surface area contributed by atoms with Crippen LogP contribution in [0.5, 0.6) is 0 Å². The van der Waals surface area contributed by atoms with E-state index in [2.05, 4.69) is 29.4 Å². The number of halogens is 2. The van der Waals surface area contributed by atoms with Gasteiger partial charge in [-0.1, -0.05) is 35.3 Å². The van der Waals surface area contributed by atoms with E-state index in [4.69, 9.17) is 23.2 Å². The third-order valence-corrected chi connectivity index (χ3v) is 6.24. The summed E-state index contributed by atoms with van der Waals surface area (Å²) in [7, 11) is 2.18. The lowest BCUT2D eigenvalue weighted by Crippen LogP contribution is -2.30. The largest absolute Gasteiger partial charge is 0.322 e. The van der Waals surface area contributed by atoms with E-state index in [9.17, 15) is 4.79 Å². The van der Waals surface area contributed by atoms with E-state index in [0.29, 0.717) is 21.7 Å².